The molecule has 0 aliphatic heterocycles. The van der Waals surface area contributed by atoms with Gasteiger partial charge in [-0.1, -0.05) is 0 Å². The summed E-state index contributed by atoms with van der Waals surface area (Å²) in [6.45, 7) is 0. The van der Waals surface area contributed by atoms with Crippen molar-refractivity contribution in [3.63, 3.8) is 0 Å². The van der Waals surface area contributed by atoms with Crippen LogP contribution < -0.4 is 20.3 Å². The van der Waals surface area contributed by atoms with Crippen LogP contribution in [0, 0.1) is 0 Å². The van der Waals surface area contributed by atoms with Crippen LogP contribution in [0.1, 0.15) is 15.9 Å². The summed E-state index contributed by atoms with van der Waals surface area (Å²) >= 11 is 0. The lowest BCUT2D eigenvalue weighted by Gasteiger charge is -2.15. The van der Waals surface area contributed by atoms with Gasteiger partial charge >= 0.3 is 12.5 Å². The monoisotopic (exact) mass is 459 g/mol. The highest BCUT2D eigenvalue weighted by atomic mass is 19.4. The average molecular weight is 459 g/mol. The number of carbonyl (C=O) groups is 1. The van der Waals surface area contributed by atoms with Crippen LogP contribution in [0.5, 0.6) is 17.2 Å². The second-order valence-electron chi connectivity index (χ2n) is 6.12. The van der Waals surface area contributed by atoms with Crippen LogP contribution in [0.15, 0.2) is 59.5 Å². The molecule has 0 saturated heterocycles. The molecular weight excluding hydrogens is 448 g/mol. The van der Waals surface area contributed by atoms with E-state index in [9.17, 15) is 35.9 Å². The molecule has 0 radical (unpaired) electrons. The minimum Gasteiger partial charge on any atom is -0.457 e. The van der Waals surface area contributed by atoms with Crippen molar-refractivity contribution >= 4 is 11.6 Å². The van der Waals surface area contributed by atoms with Crippen LogP contribution in [0.3, 0.4) is 0 Å². The van der Waals surface area contributed by atoms with Crippen LogP contribution in [0.25, 0.3) is 0 Å². The molecule has 3 aromatic rings. The van der Waals surface area contributed by atoms with Crippen molar-refractivity contribution in [3.8, 4) is 17.2 Å². The number of alkyl halides is 6. The molecule has 1 aromatic heterocycles. The molecule has 0 atom stereocenters. The Labute approximate surface area is 174 Å². The molecule has 32 heavy (non-hydrogen) atoms. The molecule has 0 saturated carbocycles. The quantitative estimate of drug-likeness (QED) is 0.538. The molecule has 0 spiro atoms. The topological polar surface area (TPSA) is 93.3 Å². The zero-order valence-electron chi connectivity index (χ0n) is 15.5. The summed E-state index contributed by atoms with van der Waals surface area (Å²) in [6, 6.07) is 6.87. The molecular formula is C19H11F6N3O4. The Morgan fingerprint density at radius 2 is 1.59 bits per heavy atom. The van der Waals surface area contributed by atoms with E-state index in [1.165, 1.54) is 0 Å². The molecule has 0 fully saturated rings. The van der Waals surface area contributed by atoms with E-state index >= 15 is 0 Å². The van der Waals surface area contributed by atoms with Gasteiger partial charge in [-0.05, 0) is 42.5 Å². The fraction of sp³-hybridized carbons (Fsp3) is 0.105. The number of aromatic amines is 1. The van der Waals surface area contributed by atoms with Crippen molar-refractivity contribution in [2.45, 2.75) is 12.5 Å². The van der Waals surface area contributed by atoms with Crippen molar-refractivity contribution in [2.24, 2.45) is 0 Å². The largest absolute Gasteiger partial charge is 0.573 e. The number of carbonyl (C=O) groups excluding carboxylic acids is 1. The van der Waals surface area contributed by atoms with E-state index in [0.29, 0.717) is 12.1 Å². The summed E-state index contributed by atoms with van der Waals surface area (Å²) in [7, 11) is 0. The number of anilines is 1. The van der Waals surface area contributed by atoms with Crippen LogP contribution >= 0.6 is 0 Å². The second kappa shape index (κ2) is 8.61. The first-order chi connectivity index (χ1) is 14.9. The summed E-state index contributed by atoms with van der Waals surface area (Å²) in [5.74, 6) is -2.18. The van der Waals surface area contributed by atoms with Gasteiger partial charge in [-0.15, -0.1) is 13.2 Å². The van der Waals surface area contributed by atoms with E-state index in [2.05, 4.69) is 20.3 Å². The van der Waals surface area contributed by atoms with E-state index in [-0.39, 0.29) is 17.0 Å². The molecule has 2 aromatic carbocycles. The number of nitrogens with one attached hydrogen (secondary N) is 2. The number of amides is 1. The molecule has 7 nitrogen and oxygen atoms in total. The number of rotatable bonds is 5. The number of nitrogens with zero attached hydrogens (tertiary/aromatic N) is 1. The molecule has 0 aliphatic rings. The predicted octanol–water partition coefficient (Wildman–Crippen LogP) is 4.73. The minimum atomic E-state index is -4.93. The van der Waals surface area contributed by atoms with Gasteiger partial charge in [-0.25, -0.2) is 5.10 Å². The Kier molecular flexibility index (Phi) is 6.09. The summed E-state index contributed by atoms with van der Waals surface area (Å²) in [5, 5.41) is 7.85. The number of H-pyrrole nitrogens is 1. The standard InChI is InChI=1S/C19H11F6N3O4/c20-18(21,22)10-1-6-14(17(30)27-11-8-16(29)28-26-9-11)15(7-10)31-12-2-4-13(5-3-12)32-19(23,24)25/h1-9H,(H2,27,28,29,30). The molecule has 1 heterocycles. The maximum Gasteiger partial charge on any atom is 0.573 e. The lowest BCUT2D eigenvalue weighted by Crippen LogP contribution is -2.17. The molecule has 3 rings (SSSR count). The van der Waals surface area contributed by atoms with E-state index in [4.69, 9.17) is 4.74 Å². The lowest BCUT2D eigenvalue weighted by atomic mass is 10.1. The summed E-state index contributed by atoms with van der Waals surface area (Å²) in [5.41, 5.74) is -2.13. The number of benzene rings is 2. The summed E-state index contributed by atoms with van der Waals surface area (Å²) < 4.78 is 85.2. The molecule has 0 unspecified atom stereocenters. The third-order valence-corrected chi connectivity index (χ3v) is 3.76. The van der Waals surface area contributed by atoms with Gasteiger partial charge in [0.05, 0.1) is 23.0 Å². The van der Waals surface area contributed by atoms with E-state index in [1.807, 2.05) is 0 Å². The minimum absolute atomic E-state index is 0.0294. The van der Waals surface area contributed by atoms with Crippen molar-refractivity contribution in [3.05, 3.63) is 76.2 Å². The molecule has 0 aliphatic carbocycles. The van der Waals surface area contributed by atoms with Gasteiger partial charge in [0.1, 0.15) is 17.2 Å². The van der Waals surface area contributed by atoms with Gasteiger partial charge in [0.2, 0.25) is 0 Å². The number of hydrogen-bond acceptors (Lipinski definition) is 5. The van der Waals surface area contributed by atoms with Gasteiger partial charge in [-0.2, -0.15) is 18.3 Å². The fourth-order valence-corrected chi connectivity index (χ4v) is 2.45. The Balaban J connectivity index is 1.91. The Hall–Kier alpha value is -4.03. The Bertz CT molecular complexity index is 1170. The SMILES string of the molecule is O=C(Nc1cn[nH]c(=O)c1)c1ccc(C(F)(F)F)cc1Oc1ccc(OC(F)(F)F)cc1. The van der Waals surface area contributed by atoms with Gasteiger partial charge in [-0.3, -0.25) is 9.59 Å². The normalized spacial score (nSPS) is 11.7. The van der Waals surface area contributed by atoms with Crippen molar-refractivity contribution < 1.29 is 40.6 Å². The van der Waals surface area contributed by atoms with Crippen molar-refractivity contribution in [1.29, 1.82) is 0 Å². The van der Waals surface area contributed by atoms with Crippen LogP contribution in [-0.2, 0) is 6.18 Å². The Morgan fingerprint density at radius 1 is 0.938 bits per heavy atom. The maximum absolute atomic E-state index is 13.1. The average Bonchev–Trinajstić information content (AvgIpc) is 2.67. The van der Waals surface area contributed by atoms with Crippen molar-refractivity contribution in [1.82, 2.24) is 10.2 Å². The smallest absolute Gasteiger partial charge is 0.457 e. The molecule has 1 amide bonds. The Morgan fingerprint density at radius 3 is 2.19 bits per heavy atom. The highest BCUT2D eigenvalue weighted by molar-refractivity contribution is 6.06. The van der Waals surface area contributed by atoms with Crippen LogP contribution in [0.4, 0.5) is 32.0 Å². The van der Waals surface area contributed by atoms with E-state index in [0.717, 1.165) is 42.6 Å². The van der Waals surface area contributed by atoms with Gasteiger partial charge in [0.15, 0.2) is 0 Å². The third-order valence-electron chi connectivity index (χ3n) is 3.76. The van der Waals surface area contributed by atoms with Crippen LogP contribution in [-0.4, -0.2) is 22.5 Å². The first-order valence-electron chi connectivity index (χ1n) is 8.52. The van der Waals surface area contributed by atoms with Gasteiger partial charge in [0.25, 0.3) is 11.5 Å². The molecule has 2 N–H and O–H groups in total. The number of hydrogen-bond donors (Lipinski definition) is 2. The third kappa shape index (κ3) is 6.00. The lowest BCUT2D eigenvalue weighted by molar-refractivity contribution is -0.274. The second-order valence-corrected chi connectivity index (χ2v) is 6.12. The highest BCUT2D eigenvalue weighted by Crippen LogP contribution is 2.35. The number of aromatic nitrogens is 2. The van der Waals surface area contributed by atoms with Crippen molar-refractivity contribution in [2.75, 3.05) is 5.32 Å². The predicted molar refractivity (Wildman–Crippen MR) is 97.5 cm³/mol. The zero-order valence-corrected chi connectivity index (χ0v) is 15.5. The van der Waals surface area contributed by atoms with Gasteiger partial charge in [0, 0.05) is 6.07 Å². The van der Waals surface area contributed by atoms with E-state index in [1.54, 1.807) is 0 Å². The fourth-order valence-electron chi connectivity index (χ4n) is 2.45. The maximum atomic E-state index is 13.1. The zero-order chi connectivity index (χ0) is 23.5. The number of ether oxygens (including phenoxy) is 2. The number of halogens is 6. The summed E-state index contributed by atoms with van der Waals surface area (Å²) in [4.78, 5) is 23.8. The van der Waals surface area contributed by atoms with E-state index < -0.39 is 41.1 Å². The van der Waals surface area contributed by atoms with Gasteiger partial charge < -0.3 is 14.8 Å². The summed E-state index contributed by atoms with van der Waals surface area (Å²) in [6.07, 6.45) is -8.58. The van der Waals surface area contributed by atoms with Crippen LogP contribution in [0.2, 0.25) is 0 Å². The highest BCUT2D eigenvalue weighted by Gasteiger charge is 2.32. The molecule has 0 bridgehead atoms. The molecule has 13 heteroatoms. The molecule has 168 valence electrons. The first-order valence-corrected chi connectivity index (χ1v) is 8.52. The first kappa shape index (κ1) is 22.7.